The van der Waals surface area contributed by atoms with Gasteiger partial charge in [0, 0.05) is 16.8 Å². The highest BCUT2D eigenvalue weighted by Crippen LogP contribution is 2.21. The molecule has 0 fully saturated rings. The zero-order chi connectivity index (χ0) is 15.2. The number of benzene rings is 1. The number of sulfone groups is 1. The number of hydrogen-bond acceptors (Lipinski definition) is 3. The van der Waals surface area contributed by atoms with Crippen molar-refractivity contribution in [3.63, 3.8) is 0 Å². The van der Waals surface area contributed by atoms with Gasteiger partial charge in [-0.25, -0.2) is 8.42 Å². The van der Waals surface area contributed by atoms with E-state index in [1.54, 1.807) is 0 Å². The Balaban J connectivity index is 2.69. The summed E-state index contributed by atoms with van der Waals surface area (Å²) in [7, 11) is -2.90. The van der Waals surface area contributed by atoms with E-state index in [4.69, 9.17) is 0 Å². The van der Waals surface area contributed by atoms with E-state index in [9.17, 15) is 8.42 Å². The summed E-state index contributed by atoms with van der Waals surface area (Å²) in [5.41, 5.74) is 1.23. The molecule has 0 aliphatic heterocycles. The molecule has 0 aliphatic carbocycles. The minimum atomic E-state index is -2.90. The van der Waals surface area contributed by atoms with Crippen LogP contribution in [-0.4, -0.2) is 33.0 Å². The number of rotatable bonds is 8. The summed E-state index contributed by atoms with van der Waals surface area (Å²) in [6, 6.07) is 8.54. The van der Waals surface area contributed by atoms with Gasteiger partial charge in [-0.3, -0.25) is 0 Å². The topological polar surface area (TPSA) is 46.2 Å². The van der Waals surface area contributed by atoms with Crippen LogP contribution in [0.3, 0.4) is 0 Å². The average molecular weight is 362 g/mol. The minimum Gasteiger partial charge on any atom is -0.314 e. The lowest BCUT2D eigenvalue weighted by Crippen LogP contribution is -2.31. The van der Waals surface area contributed by atoms with Gasteiger partial charge < -0.3 is 5.32 Å². The molecule has 0 aromatic heterocycles. The first-order valence-corrected chi connectivity index (χ1v) is 9.78. The van der Waals surface area contributed by atoms with Gasteiger partial charge in [0.1, 0.15) is 9.84 Å². The van der Waals surface area contributed by atoms with Crippen LogP contribution in [-0.2, 0) is 16.3 Å². The predicted octanol–water partition coefficient (Wildman–Crippen LogP) is 3.04. The lowest BCUT2D eigenvalue weighted by Gasteiger charge is -2.19. The fourth-order valence-electron chi connectivity index (χ4n) is 2.03. The molecule has 0 heterocycles. The van der Waals surface area contributed by atoms with Gasteiger partial charge in [0.05, 0.1) is 5.75 Å². The highest BCUT2D eigenvalue weighted by molar-refractivity contribution is 9.10. The first kappa shape index (κ1) is 17.7. The molecule has 0 aliphatic rings. The van der Waals surface area contributed by atoms with Gasteiger partial charge in [-0.05, 0) is 36.9 Å². The third kappa shape index (κ3) is 7.41. The summed E-state index contributed by atoms with van der Waals surface area (Å²) in [6.45, 7) is 5.05. The van der Waals surface area contributed by atoms with Crippen LogP contribution >= 0.6 is 15.9 Å². The Hall–Kier alpha value is -0.390. The molecular formula is C15H24BrNO2S. The smallest absolute Gasteiger partial charge is 0.147 e. The van der Waals surface area contributed by atoms with Crippen molar-refractivity contribution in [3.05, 3.63) is 34.3 Å². The van der Waals surface area contributed by atoms with Gasteiger partial charge in [0.15, 0.2) is 0 Å². The first-order chi connectivity index (χ1) is 9.28. The van der Waals surface area contributed by atoms with Crippen molar-refractivity contribution >= 4 is 25.8 Å². The van der Waals surface area contributed by atoms with Gasteiger partial charge in [-0.15, -0.1) is 0 Å². The fraction of sp³-hybridized carbons (Fsp3) is 0.600. The summed E-state index contributed by atoms with van der Waals surface area (Å²) in [6.07, 6.45) is 2.88. The van der Waals surface area contributed by atoms with E-state index < -0.39 is 9.84 Å². The number of halogens is 1. The van der Waals surface area contributed by atoms with Crippen LogP contribution in [0.15, 0.2) is 28.7 Å². The van der Waals surface area contributed by atoms with Crippen molar-refractivity contribution in [2.75, 3.05) is 18.6 Å². The van der Waals surface area contributed by atoms with Crippen molar-refractivity contribution in [1.82, 2.24) is 5.32 Å². The van der Waals surface area contributed by atoms with Crippen LogP contribution in [0.25, 0.3) is 0 Å². The summed E-state index contributed by atoms with van der Waals surface area (Å²) < 4.78 is 23.8. The summed E-state index contributed by atoms with van der Waals surface area (Å²) in [4.78, 5) is 0. The highest BCUT2D eigenvalue weighted by Gasteiger charge is 2.15. The molecule has 1 aromatic rings. The quantitative estimate of drug-likeness (QED) is 0.773. The molecule has 1 aromatic carbocycles. The Morgan fingerprint density at radius 2 is 1.90 bits per heavy atom. The molecule has 0 saturated heterocycles. The van der Waals surface area contributed by atoms with Crippen LogP contribution in [0, 0.1) is 5.92 Å². The summed E-state index contributed by atoms with van der Waals surface area (Å²) in [5.74, 6) is 0.577. The van der Waals surface area contributed by atoms with E-state index in [0.29, 0.717) is 18.4 Å². The van der Waals surface area contributed by atoms with Crippen molar-refractivity contribution in [3.8, 4) is 0 Å². The molecule has 0 radical (unpaired) electrons. The second-order valence-corrected chi connectivity index (χ2v) is 8.76. The Bertz CT molecular complexity index is 514. The normalized spacial score (nSPS) is 13.7. The predicted molar refractivity (Wildman–Crippen MR) is 88.8 cm³/mol. The molecule has 1 N–H and O–H groups in total. The molecule has 5 heteroatoms. The Morgan fingerprint density at radius 1 is 1.25 bits per heavy atom. The van der Waals surface area contributed by atoms with Crippen LogP contribution in [0.2, 0.25) is 0 Å². The van der Waals surface area contributed by atoms with Crippen LogP contribution < -0.4 is 5.32 Å². The van der Waals surface area contributed by atoms with Gasteiger partial charge in [-0.1, -0.05) is 48.0 Å². The van der Waals surface area contributed by atoms with Crippen molar-refractivity contribution in [1.29, 1.82) is 0 Å². The van der Waals surface area contributed by atoms with Gasteiger partial charge >= 0.3 is 0 Å². The molecule has 20 heavy (non-hydrogen) atoms. The third-order valence-corrected chi connectivity index (χ3v) is 4.93. The van der Waals surface area contributed by atoms with Crippen LogP contribution in [0.1, 0.15) is 25.8 Å². The van der Waals surface area contributed by atoms with E-state index in [1.165, 1.54) is 11.8 Å². The molecule has 3 nitrogen and oxygen atoms in total. The average Bonchev–Trinajstić information content (AvgIpc) is 2.34. The summed E-state index contributed by atoms with van der Waals surface area (Å²) >= 11 is 3.56. The maximum atomic E-state index is 11.4. The molecule has 0 spiro atoms. The van der Waals surface area contributed by atoms with Gasteiger partial charge in [0.2, 0.25) is 0 Å². The van der Waals surface area contributed by atoms with Gasteiger partial charge in [-0.2, -0.15) is 0 Å². The molecule has 114 valence electrons. The van der Waals surface area contributed by atoms with Crippen LogP contribution in [0.4, 0.5) is 0 Å². The standard InChI is InChI=1S/C15H24BrNO2S/c1-12(2)17-11-13(8-9-20(3,18)19)10-14-6-4-5-7-15(14)16/h4-7,12-13,17H,8-11H2,1-3H3. The van der Waals surface area contributed by atoms with E-state index >= 15 is 0 Å². The molecule has 1 unspecified atom stereocenters. The molecule has 0 amide bonds. The lowest BCUT2D eigenvalue weighted by molar-refractivity contribution is 0.435. The van der Waals surface area contributed by atoms with Crippen LogP contribution in [0.5, 0.6) is 0 Å². The maximum absolute atomic E-state index is 11.4. The van der Waals surface area contributed by atoms with E-state index in [1.807, 2.05) is 18.2 Å². The third-order valence-electron chi connectivity index (χ3n) is 3.18. The second kappa shape index (κ2) is 8.15. The van der Waals surface area contributed by atoms with Crippen molar-refractivity contribution in [2.24, 2.45) is 5.92 Å². The van der Waals surface area contributed by atoms with Crippen molar-refractivity contribution < 1.29 is 8.42 Å². The van der Waals surface area contributed by atoms with E-state index in [2.05, 4.69) is 41.2 Å². The number of hydrogen-bond donors (Lipinski definition) is 1. The second-order valence-electron chi connectivity index (χ2n) is 5.64. The lowest BCUT2D eigenvalue weighted by atomic mass is 9.96. The van der Waals surface area contributed by atoms with E-state index in [-0.39, 0.29) is 5.75 Å². The molecule has 0 bridgehead atoms. The Kier molecular flexibility index (Phi) is 7.20. The zero-order valence-corrected chi connectivity index (χ0v) is 14.8. The van der Waals surface area contributed by atoms with Crippen molar-refractivity contribution in [2.45, 2.75) is 32.7 Å². The largest absolute Gasteiger partial charge is 0.314 e. The highest BCUT2D eigenvalue weighted by atomic mass is 79.9. The SMILES string of the molecule is CC(C)NCC(CCS(C)(=O)=O)Cc1ccccc1Br. The fourth-order valence-corrected chi connectivity index (χ4v) is 3.24. The maximum Gasteiger partial charge on any atom is 0.147 e. The molecule has 1 atom stereocenters. The minimum absolute atomic E-state index is 0.252. The molecular weight excluding hydrogens is 338 g/mol. The Labute approximate surface area is 131 Å². The summed E-state index contributed by atoms with van der Waals surface area (Å²) in [5, 5.41) is 3.41. The molecule has 1 rings (SSSR count). The monoisotopic (exact) mass is 361 g/mol. The Morgan fingerprint density at radius 3 is 2.45 bits per heavy atom. The first-order valence-electron chi connectivity index (χ1n) is 6.92. The van der Waals surface area contributed by atoms with Gasteiger partial charge in [0.25, 0.3) is 0 Å². The molecule has 0 saturated carbocycles. The number of nitrogens with one attached hydrogen (secondary N) is 1. The zero-order valence-electron chi connectivity index (χ0n) is 12.4. The van der Waals surface area contributed by atoms with E-state index in [0.717, 1.165) is 17.4 Å².